The average Bonchev–Trinajstić information content (AvgIpc) is 3.84. The summed E-state index contributed by atoms with van der Waals surface area (Å²) in [5.41, 5.74) is 9.70. The molecule has 0 aliphatic rings. The second kappa shape index (κ2) is 13.0. The number of anilines is 3. The van der Waals surface area contributed by atoms with E-state index in [4.69, 9.17) is 63.8 Å². The number of hydrogen-bond donors (Lipinski definition) is 0. The number of nitrogens with zero attached hydrogens (tertiary/aromatic N) is 1. The Hall–Kier alpha value is -6.13. The van der Waals surface area contributed by atoms with Gasteiger partial charge >= 0.3 is 0 Å². The molecule has 0 fully saturated rings. The summed E-state index contributed by atoms with van der Waals surface area (Å²) in [4.78, 5) is 2.19. The van der Waals surface area contributed by atoms with Gasteiger partial charge in [0, 0.05) is 38.3 Å². The Morgan fingerprint density at radius 1 is 0.339 bits per heavy atom. The first-order chi connectivity index (χ1) is 27.2. The molecule has 0 aliphatic carbocycles. The maximum absolute atomic E-state index is 6.93. The maximum Gasteiger partial charge on any atom is 0.159 e. The lowest BCUT2D eigenvalue weighted by atomic mass is 9.64. The highest BCUT2D eigenvalue weighted by atomic mass is 16.3. The van der Waals surface area contributed by atoms with Crippen molar-refractivity contribution in [2.45, 2.75) is 0 Å². The summed E-state index contributed by atoms with van der Waals surface area (Å²) in [6, 6.07) is 45.6. The highest BCUT2D eigenvalue weighted by Gasteiger charge is 2.23. The van der Waals surface area contributed by atoms with Crippen LogP contribution in [0.3, 0.4) is 0 Å². The van der Waals surface area contributed by atoms with Gasteiger partial charge in [-0.1, -0.05) is 124 Å². The van der Waals surface area contributed by atoms with Crippen LogP contribution in [0.5, 0.6) is 0 Å². The monoisotopic (exact) mass is 697 g/mol. The van der Waals surface area contributed by atoms with E-state index >= 15 is 0 Å². The quantitative estimate of drug-likeness (QED) is 0.238. The third-order valence-corrected chi connectivity index (χ3v) is 10.9. The molecule has 0 aliphatic heterocycles. The van der Waals surface area contributed by atoms with Gasteiger partial charge in [0.25, 0.3) is 0 Å². The van der Waals surface area contributed by atoms with E-state index in [2.05, 4.69) is 83.8 Å². The molecule has 0 saturated carbocycles. The summed E-state index contributed by atoms with van der Waals surface area (Å²) in [6.45, 7) is 0. The number of furan rings is 2. The van der Waals surface area contributed by atoms with E-state index in [1.807, 2.05) is 54.6 Å². The van der Waals surface area contributed by atoms with Crippen LogP contribution in [0.25, 0.3) is 76.9 Å². The van der Waals surface area contributed by atoms with Gasteiger partial charge < -0.3 is 13.7 Å². The van der Waals surface area contributed by atoms with Crippen molar-refractivity contribution in [1.29, 1.82) is 0 Å². The molecule has 0 atom stereocenters. The second-order valence-electron chi connectivity index (χ2n) is 14.0. The lowest BCUT2D eigenvalue weighted by molar-refractivity contribution is 0.673. The zero-order chi connectivity index (χ0) is 38.4. The molecule has 14 radical (unpaired) electrons. The van der Waals surface area contributed by atoms with Crippen LogP contribution in [0.15, 0.2) is 142 Å². The summed E-state index contributed by atoms with van der Waals surface area (Å²) in [7, 11) is 45.5. The Labute approximate surface area is 332 Å². The minimum atomic E-state index is 0.126. The molecule has 0 spiro atoms. The molecule has 0 bridgehead atoms. The molecule has 0 N–H and O–H groups in total. The lowest BCUT2D eigenvalue weighted by Crippen LogP contribution is -2.47. The summed E-state index contributed by atoms with van der Waals surface area (Å²) in [5, 5.41) is 5.14. The molecule has 0 unspecified atom stereocenters. The molecule has 10 heteroatoms. The average molecular weight is 696 g/mol. The Kier molecular flexibility index (Phi) is 7.97. The van der Waals surface area contributed by atoms with Crippen molar-refractivity contribution in [2.24, 2.45) is 0 Å². The molecule has 56 heavy (non-hydrogen) atoms. The normalized spacial score (nSPS) is 11.7. The Balaban J connectivity index is 1.16. The fourth-order valence-electron chi connectivity index (χ4n) is 8.04. The van der Waals surface area contributed by atoms with Gasteiger partial charge in [-0.3, -0.25) is 0 Å². The molecule has 0 saturated heterocycles. The van der Waals surface area contributed by atoms with Gasteiger partial charge in [0.15, 0.2) is 5.58 Å². The lowest BCUT2D eigenvalue weighted by Gasteiger charge is -2.26. The van der Waals surface area contributed by atoms with E-state index in [0.29, 0.717) is 21.8 Å². The molecule has 2 aromatic heterocycles. The maximum atomic E-state index is 6.93. The molecule has 2 heterocycles. The van der Waals surface area contributed by atoms with E-state index < -0.39 is 0 Å². The number of benzene rings is 8. The van der Waals surface area contributed by atoms with E-state index in [-0.39, 0.29) is 43.9 Å². The standard InChI is InChI=1S/C46H22B7NO2/c47-36-33(37(48)41(52)45-34(36)35-38(49)39(50)40(51)42(53)46(35)56-45)26-15-20-28(21-16-26)54(27-18-13-24(14-19-27)23-7-2-1-3-8-23)32-12-6-11-30-31-22-17-25-9-4-5-10-29(25)43(31)55-44(30)32/h1-22H. The van der Waals surface area contributed by atoms with Crippen LogP contribution in [0.1, 0.15) is 0 Å². The van der Waals surface area contributed by atoms with Crippen LogP contribution in [-0.4, -0.2) is 54.9 Å². The zero-order valence-corrected chi connectivity index (χ0v) is 30.0. The minimum Gasteiger partial charge on any atom is -0.457 e. The van der Waals surface area contributed by atoms with Crippen molar-refractivity contribution < 1.29 is 8.83 Å². The van der Waals surface area contributed by atoms with Crippen molar-refractivity contribution in [1.82, 2.24) is 0 Å². The Morgan fingerprint density at radius 2 is 0.875 bits per heavy atom. The third kappa shape index (κ3) is 5.08. The summed E-state index contributed by atoms with van der Waals surface area (Å²) < 4.78 is 12.9. The van der Waals surface area contributed by atoms with Crippen LogP contribution in [0.4, 0.5) is 17.1 Å². The van der Waals surface area contributed by atoms with Crippen LogP contribution < -0.4 is 43.1 Å². The second-order valence-corrected chi connectivity index (χ2v) is 14.0. The van der Waals surface area contributed by atoms with Crippen molar-refractivity contribution in [3.05, 3.63) is 133 Å². The highest BCUT2D eigenvalue weighted by Crippen LogP contribution is 2.44. The largest absolute Gasteiger partial charge is 0.457 e. The molecule has 10 rings (SSSR count). The van der Waals surface area contributed by atoms with Crippen LogP contribution in [-0.2, 0) is 0 Å². The fraction of sp³-hybridized carbons (Fsp3) is 0. The van der Waals surface area contributed by atoms with Gasteiger partial charge in [0.2, 0.25) is 0 Å². The summed E-state index contributed by atoms with van der Waals surface area (Å²) in [6.07, 6.45) is 0. The molecule has 3 nitrogen and oxygen atoms in total. The van der Waals surface area contributed by atoms with E-state index in [0.717, 1.165) is 66.5 Å². The SMILES string of the molecule is [B]c1c([B])c([B])c2c(oc3c([B])c([B])c(-c4ccc(N(c5ccc(-c6ccccc6)cc5)c5cccc6c5oc5c7ccccc7ccc65)cc4)c([B])c32)c1[B]. The van der Waals surface area contributed by atoms with Gasteiger partial charge in [-0.15, -0.1) is 10.9 Å². The molecule has 8 aromatic carbocycles. The first-order valence-electron chi connectivity index (χ1n) is 18.0. The number of hydrogen-bond acceptors (Lipinski definition) is 3. The molecule has 10 aromatic rings. The van der Waals surface area contributed by atoms with E-state index in [1.165, 1.54) is 0 Å². The Bertz CT molecular complexity index is 3210. The van der Waals surface area contributed by atoms with Crippen molar-refractivity contribution in [3.8, 4) is 22.3 Å². The first-order valence-corrected chi connectivity index (χ1v) is 18.0. The summed E-state index contributed by atoms with van der Waals surface area (Å²) >= 11 is 0. The molecular formula is C46H22B7NO2. The molecule has 0 amide bonds. The zero-order valence-electron chi connectivity index (χ0n) is 30.0. The molecule has 244 valence electrons. The predicted molar refractivity (Wildman–Crippen MR) is 242 cm³/mol. The van der Waals surface area contributed by atoms with Gasteiger partial charge in [-0.05, 0) is 64.0 Å². The summed E-state index contributed by atoms with van der Waals surface area (Å²) in [5.74, 6) is 0. The highest BCUT2D eigenvalue weighted by molar-refractivity contribution is 6.69. The fourth-order valence-corrected chi connectivity index (χ4v) is 8.04. The van der Waals surface area contributed by atoms with Crippen LogP contribution >= 0.6 is 0 Å². The topological polar surface area (TPSA) is 29.5 Å². The van der Waals surface area contributed by atoms with Crippen LogP contribution in [0.2, 0.25) is 0 Å². The van der Waals surface area contributed by atoms with Crippen molar-refractivity contribution in [2.75, 3.05) is 4.90 Å². The van der Waals surface area contributed by atoms with E-state index in [9.17, 15) is 0 Å². The Morgan fingerprint density at radius 3 is 1.59 bits per heavy atom. The van der Waals surface area contributed by atoms with Gasteiger partial charge in [-0.25, -0.2) is 0 Å². The molecular weight excluding hydrogens is 674 g/mol. The smallest absolute Gasteiger partial charge is 0.159 e. The van der Waals surface area contributed by atoms with Crippen molar-refractivity contribution in [3.63, 3.8) is 0 Å². The third-order valence-electron chi connectivity index (χ3n) is 10.9. The van der Waals surface area contributed by atoms with Crippen molar-refractivity contribution >= 4 is 165 Å². The predicted octanol–water partition coefficient (Wildman–Crippen LogP) is 5.00. The van der Waals surface area contributed by atoms with Gasteiger partial charge in [-0.2, -0.15) is 0 Å². The minimum absolute atomic E-state index is 0.126. The van der Waals surface area contributed by atoms with E-state index in [1.54, 1.807) is 0 Å². The number of para-hydroxylation sites is 1. The number of rotatable bonds is 5. The van der Waals surface area contributed by atoms with Gasteiger partial charge in [0.1, 0.15) is 71.7 Å². The first kappa shape index (κ1) is 34.4. The van der Waals surface area contributed by atoms with Crippen LogP contribution in [0, 0.1) is 0 Å². The number of fused-ring (bicyclic) bond motifs is 8. The van der Waals surface area contributed by atoms with Gasteiger partial charge in [0.05, 0.1) is 5.69 Å².